The third-order valence-electron chi connectivity index (χ3n) is 5.29. The predicted molar refractivity (Wildman–Crippen MR) is 87.2 cm³/mol. The molecular weight excluding hydrogens is 294 g/mol. The molecule has 1 aromatic heterocycles. The molecule has 2 aliphatic rings. The molecule has 2 aliphatic heterocycles. The summed E-state index contributed by atoms with van der Waals surface area (Å²) < 4.78 is 5.62. The van der Waals surface area contributed by atoms with E-state index in [2.05, 4.69) is 14.9 Å². The Balaban J connectivity index is 1.77. The summed E-state index contributed by atoms with van der Waals surface area (Å²) in [7, 11) is 0. The van der Waals surface area contributed by atoms with Crippen LogP contribution in [0.5, 0.6) is 0 Å². The third kappa shape index (κ3) is 3.65. The molecule has 0 bridgehead atoms. The number of ether oxygens (including phenoxy) is 1. The average Bonchev–Trinajstić information content (AvgIpc) is 2.94. The van der Waals surface area contributed by atoms with E-state index >= 15 is 0 Å². The molecule has 2 saturated heterocycles. The number of aryl methyl sites for hydroxylation is 1. The lowest BCUT2D eigenvalue weighted by Gasteiger charge is -2.43. The molecule has 128 valence electrons. The van der Waals surface area contributed by atoms with Crippen molar-refractivity contribution in [2.75, 3.05) is 19.8 Å². The van der Waals surface area contributed by atoms with Crippen LogP contribution in [0.15, 0.2) is 10.9 Å². The van der Waals surface area contributed by atoms with Crippen molar-refractivity contribution in [1.82, 2.24) is 14.9 Å². The van der Waals surface area contributed by atoms with Crippen LogP contribution in [0.4, 0.5) is 0 Å². The molecule has 3 rings (SSSR count). The van der Waals surface area contributed by atoms with E-state index in [4.69, 9.17) is 4.74 Å². The number of nitrogens with one attached hydrogen (secondary N) is 1. The molecule has 0 aromatic carbocycles. The molecule has 3 heterocycles. The summed E-state index contributed by atoms with van der Waals surface area (Å²) in [5.74, 6) is 0.831. The van der Waals surface area contributed by atoms with Gasteiger partial charge in [0.05, 0.1) is 18.8 Å². The molecule has 0 radical (unpaired) electrons. The predicted octanol–water partition coefficient (Wildman–Crippen LogP) is 1.08. The standard InChI is InChI=1S/C17H27N3O3/c1-3-12-9-16(21)19-15(18-12)10-20-7-4-5-14(20)13-11-23-8-6-17(13,2)22/h9,13-14,22H,3-8,10-11H2,1-2H3,(H,18,19,21). The van der Waals surface area contributed by atoms with Crippen molar-refractivity contribution in [1.29, 1.82) is 0 Å². The number of H-pyrrole nitrogens is 1. The van der Waals surface area contributed by atoms with Crippen molar-refractivity contribution in [2.24, 2.45) is 5.92 Å². The molecule has 6 nitrogen and oxygen atoms in total. The van der Waals surface area contributed by atoms with E-state index in [1.54, 1.807) is 6.07 Å². The zero-order valence-electron chi connectivity index (χ0n) is 14.0. The maximum Gasteiger partial charge on any atom is 0.251 e. The van der Waals surface area contributed by atoms with E-state index in [9.17, 15) is 9.90 Å². The molecule has 3 unspecified atom stereocenters. The number of hydrogen-bond acceptors (Lipinski definition) is 5. The lowest BCUT2D eigenvalue weighted by atomic mass is 9.79. The monoisotopic (exact) mass is 321 g/mol. The van der Waals surface area contributed by atoms with Gasteiger partial charge in [0.2, 0.25) is 0 Å². The Hall–Kier alpha value is -1.24. The Morgan fingerprint density at radius 2 is 2.39 bits per heavy atom. The van der Waals surface area contributed by atoms with Crippen LogP contribution in [0.3, 0.4) is 0 Å². The maximum absolute atomic E-state index is 11.8. The quantitative estimate of drug-likeness (QED) is 0.868. The minimum absolute atomic E-state index is 0.0874. The SMILES string of the molecule is CCc1cc(=O)[nH]c(CN2CCCC2C2COCCC2(C)O)n1. The highest BCUT2D eigenvalue weighted by Gasteiger charge is 2.44. The fraction of sp³-hybridized carbons (Fsp3) is 0.765. The van der Waals surface area contributed by atoms with E-state index in [-0.39, 0.29) is 17.5 Å². The molecule has 23 heavy (non-hydrogen) atoms. The van der Waals surface area contributed by atoms with Crippen LogP contribution in [-0.2, 0) is 17.7 Å². The Morgan fingerprint density at radius 1 is 1.57 bits per heavy atom. The van der Waals surface area contributed by atoms with Crippen LogP contribution in [0.2, 0.25) is 0 Å². The number of rotatable bonds is 4. The Morgan fingerprint density at radius 3 is 3.13 bits per heavy atom. The number of aliphatic hydroxyl groups is 1. The summed E-state index contributed by atoms with van der Waals surface area (Å²) >= 11 is 0. The van der Waals surface area contributed by atoms with E-state index in [1.807, 2.05) is 13.8 Å². The Bertz CT molecular complexity index is 599. The lowest BCUT2D eigenvalue weighted by molar-refractivity contribution is -0.123. The van der Waals surface area contributed by atoms with Crippen LogP contribution >= 0.6 is 0 Å². The highest BCUT2D eigenvalue weighted by atomic mass is 16.5. The van der Waals surface area contributed by atoms with Gasteiger partial charge in [-0.1, -0.05) is 6.92 Å². The summed E-state index contributed by atoms with van der Waals surface area (Å²) in [6.07, 6.45) is 3.60. The van der Waals surface area contributed by atoms with Gasteiger partial charge >= 0.3 is 0 Å². The van der Waals surface area contributed by atoms with Gasteiger partial charge in [0.25, 0.3) is 5.56 Å². The van der Waals surface area contributed by atoms with E-state index in [0.29, 0.717) is 26.2 Å². The van der Waals surface area contributed by atoms with E-state index < -0.39 is 5.60 Å². The smallest absolute Gasteiger partial charge is 0.251 e. The average molecular weight is 321 g/mol. The lowest BCUT2D eigenvalue weighted by Crippen LogP contribution is -2.52. The maximum atomic E-state index is 11.8. The fourth-order valence-corrected chi connectivity index (χ4v) is 3.90. The van der Waals surface area contributed by atoms with Gasteiger partial charge < -0.3 is 14.8 Å². The summed E-state index contributed by atoms with van der Waals surface area (Å²) in [6.45, 7) is 6.75. The second-order valence-electron chi connectivity index (χ2n) is 7.01. The van der Waals surface area contributed by atoms with Crippen LogP contribution in [0.25, 0.3) is 0 Å². The number of aromatic nitrogens is 2. The van der Waals surface area contributed by atoms with Gasteiger partial charge in [-0.3, -0.25) is 9.69 Å². The number of hydrogen-bond donors (Lipinski definition) is 2. The number of likely N-dealkylation sites (tertiary alicyclic amines) is 1. The molecule has 2 fully saturated rings. The number of aromatic amines is 1. The summed E-state index contributed by atoms with van der Waals surface area (Å²) in [6, 6.07) is 1.84. The first kappa shape index (κ1) is 16.6. The van der Waals surface area contributed by atoms with Crippen LogP contribution in [0.1, 0.15) is 44.6 Å². The first-order valence-corrected chi connectivity index (χ1v) is 8.63. The van der Waals surface area contributed by atoms with Crippen LogP contribution in [-0.4, -0.2) is 51.4 Å². The zero-order valence-corrected chi connectivity index (χ0v) is 14.0. The molecular formula is C17H27N3O3. The van der Waals surface area contributed by atoms with Crippen molar-refractivity contribution in [3.8, 4) is 0 Å². The number of nitrogens with zero attached hydrogens (tertiary/aromatic N) is 2. The first-order chi connectivity index (χ1) is 11.0. The second-order valence-corrected chi connectivity index (χ2v) is 7.01. The van der Waals surface area contributed by atoms with Crippen molar-refractivity contribution < 1.29 is 9.84 Å². The van der Waals surface area contributed by atoms with Crippen molar-refractivity contribution in [3.05, 3.63) is 27.9 Å². The van der Waals surface area contributed by atoms with Gasteiger partial charge in [0.15, 0.2) is 0 Å². The van der Waals surface area contributed by atoms with Gasteiger partial charge in [-0.25, -0.2) is 4.98 Å². The van der Waals surface area contributed by atoms with Crippen molar-refractivity contribution >= 4 is 0 Å². The Labute approximate surface area is 136 Å². The second kappa shape index (κ2) is 6.71. The van der Waals surface area contributed by atoms with E-state index in [0.717, 1.165) is 37.3 Å². The Kier molecular flexibility index (Phi) is 4.85. The van der Waals surface area contributed by atoms with Gasteiger partial charge in [0, 0.05) is 30.3 Å². The minimum atomic E-state index is -0.683. The topological polar surface area (TPSA) is 78.5 Å². The van der Waals surface area contributed by atoms with Gasteiger partial charge in [-0.15, -0.1) is 0 Å². The molecule has 0 saturated carbocycles. The first-order valence-electron chi connectivity index (χ1n) is 8.63. The van der Waals surface area contributed by atoms with E-state index in [1.165, 1.54) is 0 Å². The minimum Gasteiger partial charge on any atom is -0.390 e. The summed E-state index contributed by atoms with van der Waals surface area (Å²) in [4.78, 5) is 21.5. The molecule has 0 spiro atoms. The van der Waals surface area contributed by atoms with Gasteiger partial charge in [-0.2, -0.15) is 0 Å². The van der Waals surface area contributed by atoms with Gasteiger partial charge in [0.1, 0.15) is 5.82 Å². The van der Waals surface area contributed by atoms with Crippen molar-refractivity contribution in [2.45, 2.75) is 57.7 Å². The van der Waals surface area contributed by atoms with Crippen molar-refractivity contribution in [3.63, 3.8) is 0 Å². The largest absolute Gasteiger partial charge is 0.390 e. The fourth-order valence-electron chi connectivity index (χ4n) is 3.90. The zero-order chi connectivity index (χ0) is 16.4. The molecule has 0 amide bonds. The summed E-state index contributed by atoms with van der Waals surface area (Å²) in [5.41, 5.74) is 0.0560. The highest BCUT2D eigenvalue weighted by Crippen LogP contribution is 2.36. The molecule has 0 aliphatic carbocycles. The molecule has 6 heteroatoms. The molecule has 1 aromatic rings. The third-order valence-corrected chi connectivity index (χ3v) is 5.29. The van der Waals surface area contributed by atoms with Gasteiger partial charge in [-0.05, 0) is 39.2 Å². The molecule has 2 N–H and O–H groups in total. The normalized spacial score (nSPS) is 32.3. The highest BCUT2D eigenvalue weighted by molar-refractivity contribution is 5.04. The summed E-state index contributed by atoms with van der Waals surface area (Å²) in [5, 5.41) is 10.7. The molecule has 3 atom stereocenters. The van der Waals surface area contributed by atoms with Crippen LogP contribution < -0.4 is 5.56 Å². The van der Waals surface area contributed by atoms with Crippen LogP contribution in [0, 0.1) is 5.92 Å².